The summed E-state index contributed by atoms with van der Waals surface area (Å²) in [6.45, 7) is 6.57. The lowest BCUT2D eigenvalue weighted by atomic mass is 10.1. The van der Waals surface area contributed by atoms with Gasteiger partial charge in [0.1, 0.15) is 11.5 Å². The summed E-state index contributed by atoms with van der Waals surface area (Å²) in [5, 5.41) is 6.22. The van der Waals surface area contributed by atoms with Gasteiger partial charge >= 0.3 is 0 Å². The Kier molecular flexibility index (Phi) is 5.04. The molecule has 0 aliphatic carbocycles. The maximum Gasteiger partial charge on any atom is 0.224 e. The first-order valence-electron chi connectivity index (χ1n) is 7.34. The molecular formula is C17H22N2O2. The summed E-state index contributed by atoms with van der Waals surface area (Å²) in [5.74, 6) is 1.92. The Morgan fingerprint density at radius 2 is 1.90 bits per heavy atom. The Balaban J connectivity index is 2.04. The lowest BCUT2D eigenvalue weighted by molar-refractivity contribution is -0.115. The van der Waals surface area contributed by atoms with Gasteiger partial charge in [-0.2, -0.15) is 0 Å². The quantitative estimate of drug-likeness (QED) is 0.840. The fourth-order valence-electron chi connectivity index (χ4n) is 2.03. The maximum absolute atomic E-state index is 11.4. The molecule has 2 aromatic rings. The van der Waals surface area contributed by atoms with Crippen molar-refractivity contribution in [2.45, 2.75) is 40.2 Å². The molecule has 0 fully saturated rings. The van der Waals surface area contributed by atoms with Crippen LogP contribution in [0.4, 0.5) is 11.4 Å². The first-order chi connectivity index (χ1) is 10.1. The average Bonchev–Trinajstić information content (AvgIpc) is 2.95. The van der Waals surface area contributed by atoms with Crippen LogP contribution in [-0.4, -0.2) is 5.91 Å². The highest BCUT2D eigenvalue weighted by molar-refractivity contribution is 5.91. The summed E-state index contributed by atoms with van der Waals surface area (Å²) < 4.78 is 5.67. The van der Waals surface area contributed by atoms with Crippen molar-refractivity contribution < 1.29 is 9.21 Å². The van der Waals surface area contributed by atoms with Crippen molar-refractivity contribution in [3.05, 3.63) is 47.4 Å². The van der Waals surface area contributed by atoms with Gasteiger partial charge in [-0.25, -0.2) is 0 Å². The number of hydrogen-bond donors (Lipinski definition) is 2. The predicted octanol–water partition coefficient (Wildman–Crippen LogP) is 4.11. The number of amides is 1. The molecule has 1 aromatic carbocycles. The largest absolute Gasteiger partial charge is 0.464 e. The van der Waals surface area contributed by atoms with Crippen LogP contribution in [0.25, 0.3) is 0 Å². The Morgan fingerprint density at radius 3 is 2.57 bits per heavy atom. The van der Waals surface area contributed by atoms with Crippen molar-refractivity contribution in [1.82, 2.24) is 0 Å². The third-order valence-corrected chi connectivity index (χ3v) is 3.36. The number of aryl methyl sites for hydroxylation is 2. The Labute approximate surface area is 125 Å². The van der Waals surface area contributed by atoms with Gasteiger partial charge in [-0.05, 0) is 36.8 Å². The van der Waals surface area contributed by atoms with Gasteiger partial charge in [0.25, 0.3) is 0 Å². The Hall–Kier alpha value is -2.23. The van der Waals surface area contributed by atoms with E-state index in [-0.39, 0.29) is 5.91 Å². The van der Waals surface area contributed by atoms with Crippen LogP contribution in [0.1, 0.15) is 37.4 Å². The highest BCUT2D eigenvalue weighted by Gasteiger charge is 2.05. The zero-order valence-electron chi connectivity index (χ0n) is 12.8. The highest BCUT2D eigenvalue weighted by atomic mass is 16.3. The molecule has 0 aliphatic heterocycles. The second kappa shape index (κ2) is 6.97. The summed E-state index contributed by atoms with van der Waals surface area (Å²) in [6.07, 6.45) is 1.38. The molecule has 0 atom stereocenters. The molecule has 1 aromatic heterocycles. The molecule has 0 bridgehead atoms. The van der Waals surface area contributed by atoms with Gasteiger partial charge in [0.15, 0.2) is 0 Å². The van der Waals surface area contributed by atoms with Gasteiger partial charge in [0.2, 0.25) is 5.91 Å². The molecule has 0 spiro atoms. The standard InChI is InChI=1S/C17H22N2O2/c1-4-14-8-9-15(21-14)11-18-16-10-13(7-6-12(16)3)19-17(20)5-2/h6-10,18H,4-5,11H2,1-3H3,(H,19,20). The second-order valence-corrected chi connectivity index (χ2v) is 5.01. The summed E-state index contributed by atoms with van der Waals surface area (Å²) in [7, 11) is 0. The number of carbonyl (C=O) groups is 1. The molecule has 0 saturated carbocycles. The van der Waals surface area contributed by atoms with Gasteiger partial charge < -0.3 is 15.1 Å². The number of nitrogens with one attached hydrogen (secondary N) is 2. The molecule has 112 valence electrons. The van der Waals surface area contributed by atoms with E-state index in [1.165, 1.54) is 0 Å². The number of carbonyl (C=O) groups excluding carboxylic acids is 1. The Bertz CT molecular complexity index is 617. The van der Waals surface area contributed by atoms with Crippen LogP contribution in [0.2, 0.25) is 0 Å². The molecule has 0 unspecified atom stereocenters. The van der Waals surface area contributed by atoms with E-state index in [4.69, 9.17) is 4.42 Å². The van der Waals surface area contributed by atoms with E-state index in [9.17, 15) is 4.79 Å². The van der Waals surface area contributed by atoms with Crippen LogP contribution in [0.15, 0.2) is 34.7 Å². The van der Waals surface area contributed by atoms with E-state index in [1.807, 2.05) is 44.2 Å². The maximum atomic E-state index is 11.4. The van der Waals surface area contributed by atoms with Crippen molar-refractivity contribution in [3.63, 3.8) is 0 Å². The van der Waals surface area contributed by atoms with Crippen molar-refractivity contribution in [2.24, 2.45) is 0 Å². The van der Waals surface area contributed by atoms with Crippen molar-refractivity contribution >= 4 is 17.3 Å². The molecule has 2 N–H and O–H groups in total. The highest BCUT2D eigenvalue weighted by Crippen LogP contribution is 2.21. The molecule has 0 saturated heterocycles. The van der Waals surface area contributed by atoms with Gasteiger partial charge in [-0.3, -0.25) is 4.79 Å². The molecule has 1 heterocycles. The Morgan fingerprint density at radius 1 is 1.14 bits per heavy atom. The lowest BCUT2D eigenvalue weighted by Gasteiger charge is -2.11. The predicted molar refractivity (Wildman–Crippen MR) is 85.5 cm³/mol. The lowest BCUT2D eigenvalue weighted by Crippen LogP contribution is -2.10. The molecule has 21 heavy (non-hydrogen) atoms. The molecule has 0 aliphatic rings. The summed E-state index contributed by atoms with van der Waals surface area (Å²) in [4.78, 5) is 11.4. The van der Waals surface area contributed by atoms with Crippen molar-refractivity contribution in [2.75, 3.05) is 10.6 Å². The van der Waals surface area contributed by atoms with Gasteiger partial charge in [0.05, 0.1) is 6.54 Å². The monoisotopic (exact) mass is 286 g/mol. The number of furan rings is 1. The molecule has 1 amide bonds. The van der Waals surface area contributed by atoms with Crippen LogP contribution in [-0.2, 0) is 17.8 Å². The second-order valence-electron chi connectivity index (χ2n) is 5.01. The van der Waals surface area contributed by atoms with E-state index in [1.54, 1.807) is 0 Å². The molecule has 4 nitrogen and oxygen atoms in total. The summed E-state index contributed by atoms with van der Waals surface area (Å²) >= 11 is 0. The number of rotatable bonds is 6. The van der Waals surface area contributed by atoms with Crippen molar-refractivity contribution in [1.29, 1.82) is 0 Å². The SMILES string of the molecule is CCC(=O)Nc1ccc(C)c(NCc2ccc(CC)o2)c1. The number of hydrogen-bond acceptors (Lipinski definition) is 3. The first-order valence-corrected chi connectivity index (χ1v) is 7.34. The van der Waals surface area contributed by atoms with Crippen LogP contribution < -0.4 is 10.6 Å². The fourth-order valence-corrected chi connectivity index (χ4v) is 2.03. The first kappa shape index (κ1) is 15.2. The molecule has 0 radical (unpaired) electrons. The molecular weight excluding hydrogens is 264 g/mol. The van der Waals surface area contributed by atoms with E-state index in [2.05, 4.69) is 17.6 Å². The van der Waals surface area contributed by atoms with E-state index >= 15 is 0 Å². The number of anilines is 2. The zero-order chi connectivity index (χ0) is 15.2. The van der Waals surface area contributed by atoms with Crippen LogP contribution >= 0.6 is 0 Å². The van der Waals surface area contributed by atoms with Gasteiger partial charge in [-0.15, -0.1) is 0 Å². The van der Waals surface area contributed by atoms with Crippen molar-refractivity contribution in [3.8, 4) is 0 Å². The minimum absolute atomic E-state index is 0.0171. The van der Waals surface area contributed by atoms with E-state index in [0.29, 0.717) is 13.0 Å². The van der Waals surface area contributed by atoms with E-state index in [0.717, 1.165) is 34.9 Å². The third-order valence-electron chi connectivity index (χ3n) is 3.36. The summed E-state index contributed by atoms with van der Waals surface area (Å²) in [5.41, 5.74) is 2.94. The zero-order valence-corrected chi connectivity index (χ0v) is 12.8. The molecule has 4 heteroatoms. The topological polar surface area (TPSA) is 54.3 Å². The number of benzene rings is 1. The normalized spacial score (nSPS) is 10.4. The van der Waals surface area contributed by atoms with Crippen LogP contribution in [0, 0.1) is 6.92 Å². The third kappa shape index (κ3) is 4.12. The van der Waals surface area contributed by atoms with Gasteiger partial charge in [0, 0.05) is 24.2 Å². The minimum Gasteiger partial charge on any atom is -0.464 e. The smallest absolute Gasteiger partial charge is 0.224 e. The fraction of sp³-hybridized carbons (Fsp3) is 0.353. The average molecular weight is 286 g/mol. The van der Waals surface area contributed by atoms with Crippen LogP contribution in [0.3, 0.4) is 0 Å². The molecule has 2 rings (SSSR count). The van der Waals surface area contributed by atoms with E-state index < -0.39 is 0 Å². The van der Waals surface area contributed by atoms with Crippen LogP contribution in [0.5, 0.6) is 0 Å². The minimum atomic E-state index is 0.0171. The van der Waals surface area contributed by atoms with Gasteiger partial charge in [-0.1, -0.05) is 19.9 Å². The summed E-state index contributed by atoms with van der Waals surface area (Å²) in [6, 6.07) is 9.85.